The Balaban J connectivity index is 1.71. The largest absolute Gasteiger partial charge is 0.483 e. The summed E-state index contributed by atoms with van der Waals surface area (Å²) in [6, 6.07) is 13.3. The van der Waals surface area contributed by atoms with Crippen molar-refractivity contribution in [2.24, 2.45) is 0 Å². The highest BCUT2D eigenvalue weighted by Gasteiger charge is 2.30. The minimum Gasteiger partial charge on any atom is -0.483 e. The van der Waals surface area contributed by atoms with Crippen LogP contribution in [-0.4, -0.2) is 81.0 Å². The number of carbonyl (C=O) groups is 2. The van der Waals surface area contributed by atoms with Gasteiger partial charge in [-0.25, -0.2) is 4.72 Å². The zero-order valence-electron chi connectivity index (χ0n) is 25.5. The van der Waals surface area contributed by atoms with Crippen LogP contribution in [0.2, 0.25) is 0 Å². The summed E-state index contributed by atoms with van der Waals surface area (Å²) in [4.78, 5) is 27.9. The smallest absolute Gasteiger partial charge is 0.303 e. The third-order valence-electron chi connectivity index (χ3n) is 8.51. The van der Waals surface area contributed by atoms with Gasteiger partial charge < -0.3 is 18.9 Å². The maximum absolute atomic E-state index is 13.3. The summed E-state index contributed by atoms with van der Waals surface area (Å²) in [6.07, 6.45) is 5.62. The third kappa shape index (κ3) is 6.58. The van der Waals surface area contributed by atoms with E-state index >= 15 is 0 Å². The molecule has 1 fully saturated rings. The van der Waals surface area contributed by atoms with Crippen LogP contribution in [-0.2, 0) is 19.7 Å². The van der Waals surface area contributed by atoms with Gasteiger partial charge in [0, 0.05) is 55.3 Å². The van der Waals surface area contributed by atoms with Crippen molar-refractivity contribution < 1.29 is 27.5 Å². The number of hydrogen-bond donors (Lipinski definition) is 1. The summed E-state index contributed by atoms with van der Waals surface area (Å²) < 4.78 is 43.2. The number of nitrogens with zero attached hydrogens (tertiary/aromatic N) is 3. The molecule has 3 bridgehead atoms. The molecule has 232 valence electrons. The standard InChI is InChI=1S/C32H42N4O6S/c1-22(2)36-27-20-24-14-15-25(27)30(23-10-6-5-7-11-23)31(36)26-12-8-9-13-28(26)42-21-29(37)34(3)16-18-41-19-17-35(4)43(39,40)33-32(24)38/h8-9,12-15,20,22-23H,5-7,10-11,16-19,21H2,1-4H3,(H,33,38). The molecule has 3 aromatic rings. The Morgan fingerprint density at radius 2 is 1.67 bits per heavy atom. The van der Waals surface area contributed by atoms with E-state index < -0.39 is 16.1 Å². The first-order valence-electron chi connectivity index (χ1n) is 15.1. The first-order chi connectivity index (χ1) is 20.6. The van der Waals surface area contributed by atoms with Gasteiger partial charge in [-0.15, -0.1) is 0 Å². The first kappa shape index (κ1) is 31.0. The quantitative estimate of drug-likeness (QED) is 0.450. The second kappa shape index (κ2) is 13.1. The maximum Gasteiger partial charge on any atom is 0.303 e. The Labute approximate surface area is 254 Å². The number of aromatic nitrogens is 1. The second-order valence-electron chi connectivity index (χ2n) is 11.8. The Morgan fingerprint density at radius 1 is 0.953 bits per heavy atom. The SMILES string of the molecule is CC(C)n1c2c(C3CCCCC3)c3ccc(cc31)C(=O)NS(=O)(=O)N(C)CCOCCN(C)C(=O)COc1ccccc1-2. The van der Waals surface area contributed by atoms with E-state index in [1.54, 1.807) is 24.1 Å². The number of nitrogens with one attached hydrogen (secondary N) is 1. The summed E-state index contributed by atoms with van der Waals surface area (Å²) in [6.45, 7) is 4.78. The number of likely N-dealkylation sites (N-methyl/N-ethyl adjacent to an activating group) is 2. The number of fused-ring (bicyclic) bond motifs is 4. The fourth-order valence-electron chi connectivity index (χ4n) is 6.13. The number of benzene rings is 2. The average molecular weight is 611 g/mol. The lowest BCUT2D eigenvalue weighted by Crippen LogP contribution is -2.43. The summed E-state index contributed by atoms with van der Waals surface area (Å²) in [7, 11) is -1.01. The van der Waals surface area contributed by atoms with Crippen LogP contribution in [0.1, 0.15) is 73.8 Å². The molecule has 0 saturated heterocycles. The van der Waals surface area contributed by atoms with Crippen molar-refractivity contribution in [2.45, 2.75) is 57.9 Å². The van der Waals surface area contributed by atoms with E-state index in [9.17, 15) is 18.0 Å². The van der Waals surface area contributed by atoms with Crippen molar-refractivity contribution in [3.05, 3.63) is 53.6 Å². The fourth-order valence-corrected chi connectivity index (χ4v) is 6.95. The molecule has 1 saturated carbocycles. The van der Waals surface area contributed by atoms with Crippen LogP contribution >= 0.6 is 0 Å². The van der Waals surface area contributed by atoms with Crippen LogP contribution in [0.4, 0.5) is 0 Å². The lowest BCUT2D eigenvalue weighted by molar-refractivity contribution is -0.132. The molecule has 5 rings (SSSR count). The molecule has 1 aliphatic carbocycles. The Morgan fingerprint density at radius 3 is 2.42 bits per heavy atom. The maximum atomic E-state index is 13.3. The highest BCUT2D eigenvalue weighted by molar-refractivity contribution is 7.87. The van der Waals surface area contributed by atoms with Gasteiger partial charge in [-0.05, 0) is 62.4 Å². The highest BCUT2D eigenvalue weighted by Crippen LogP contribution is 2.47. The van der Waals surface area contributed by atoms with Crippen LogP contribution < -0.4 is 9.46 Å². The molecular weight excluding hydrogens is 568 g/mol. The van der Waals surface area contributed by atoms with Crippen molar-refractivity contribution in [3.63, 3.8) is 0 Å². The van der Waals surface area contributed by atoms with Crippen LogP contribution in [0.3, 0.4) is 0 Å². The molecule has 11 heteroatoms. The van der Waals surface area contributed by atoms with E-state index in [-0.39, 0.29) is 43.9 Å². The van der Waals surface area contributed by atoms with Gasteiger partial charge in [0.25, 0.3) is 11.8 Å². The van der Waals surface area contributed by atoms with Gasteiger partial charge in [0.15, 0.2) is 6.61 Å². The molecule has 2 aliphatic rings. The van der Waals surface area contributed by atoms with E-state index in [0.717, 1.165) is 52.1 Å². The molecule has 0 radical (unpaired) electrons. The predicted octanol–water partition coefficient (Wildman–Crippen LogP) is 4.71. The zero-order valence-corrected chi connectivity index (χ0v) is 26.3. The van der Waals surface area contributed by atoms with Gasteiger partial charge in [-0.3, -0.25) is 9.59 Å². The van der Waals surface area contributed by atoms with Crippen LogP contribution in [0.5, 0.6) is 5.75 Å². The molecule has 10 nitrogen and oxygen atoms in total. The van der Waals surface area contributed by atoms with Gasteiger partial charge in [-0.2, -0.15) is 12.7 Å². The molecule has 1 aromatic heterocycles. The third-order valence-corrected chi connectivity index (χ3v) is 9.95. The van der Waals surface area contributed by atoms with Crippen LogP contribution in [0, 0.1) is 0 Å². The van der Waals surface area contributed by atoms with Gasteiger partial charge in [0.2, 0.25) is 0 Å². The number of ether oxygens (including phenoxy) is 2. The summed E-state index contributed by atoms with van der Waals surface area (Å²) in [5.41, 5.74) is 4.23. The number of hydrogen-bond acceptors (Lipinski definition) is 6. The molecule has 0 unspecified atom stereocenters. The molecule has 1 aliphatic heterocycles. The average Bonchev–Trinajstić information content (AvgIpc) is 3.34. The molecule has 43 heavy (non-hydrogen) atoms. The molecule has 2 amide bonds. The number of amides is 2. The van der Waals surface area contributed by atoms with Crippen molar-refractivity contribution in [1.82, 2.24) is 18.5 Å². The van der Waals surface area contributed by atoms with Gasteiger partial charge in [-0.1, -0.05) is 37.5 Å². The van der Waals surface area contributed by atoms with E-state index in [1.165, 1.54) is 19.0 Å². The number of carbonyl (C=O) groups excluding carboxylic acids is 2. The Hall–Kier alpha value is -3.41. The lowest BCUT2D eigenvalue weighted by Gasteiger charge is -2.25. The van der Waals surface area contributed by atoms with Gasteiger partial charge in [0.05, 0.1) is 18.9 Å². The fraction of sp³-hybridized carbons (Fsp3) is 0.500. The summed E-state index contributed by atoms with van der Waals surface area (Å²) in [5, 5.41) is 1.04. The monoisotopic (exact) mass is 610 g/mol. The normalized spacial score (nSPS) is 19.9. The van der Waals surface area contributed by atoms with E-state index in [4.69, 9.17) is 9.47 Å². The number of rotatable bonds is 2. The van der Waals surface area contributed by atoms with Crippen LogP contribution in [0.25, 0.3) is 22.2 Å². The highest BCUT2D eigenvalue weighted by atomic mass is 32.2. The molecular formula is C32H42N4O6S. The molecule has 2 heterocycles. The van der Waals surface area contributed by atoms with E-state index in [0.29, 0.717) is 18.2 Å². The van der Waals surface area contributed by atoms with Crippen molar-refractivity contribution in [3.8, 4) is 17.0 Å². The van der Waals surface area contributed by atoms with Crippen LogP contribution in [0.15, 0.2) is 42.5 Å². The topological polar surface area (TPSA) is 110 Å². The lowest BCUT2D eigenvalue weighted by atomic mass is 9.81. The number of para-hydroxylation sites is 1. The first-order valence-corrected chi connectivity index (χ1v) is 16.5. The Kier molecular flexibility index (Phi) is 9.43. The van der Waals surface area contributed by atoms with Gasteiger partial charge in [0.1, 0.15) is 5.75 Å². The summed E-state index contributed by atoms with van der Waals surface area (Å²) >= 11 is 0. The molecule has 0 spiro atoms. The van der Waals surface area contributed by atoms with Crippen molar-refractivity contribution in [1.29, 1.82) is 0 Å². The zero-order chi connectivity index (χ0) is 30.7. The molecule has 0 atom stereocenters. The predicted molar refractivity (Wildman–Crippen MR) is 167 cm³/mol. The molecule has 2 aromatic carbocycles. The summed E-state index contributed by atoms with van der Waals surface area (Å²) in [5.74, 6) is 0.0631. The minimum absolute atomic E-state index is 0.0155. The molecule has 1 N–H and O–H groups in total. The van der Waals surface area contributed by atoms with Crippen molar-refractivity contribution >= 4 is 32.9 Å². The van der Waals surface area contributed by atoms with Crippen molar-refractivity contribution in [2.75, 3.05) is 47.0 Å². The van der Waals surface area contributed by atoms with E-state index in [1.807, 2.05) is 30.3 Å². The van der Waals surface area contributed by atoms with E-state index in [2.05, 4.69) is 23.1 Å². The minimum atomic E-state index is -4.10. The second-order valence-corrected chi connectivity index (χ2v) is 13.5. The Bertz CT molecular complexity index is 1590. The van der Waals surface area contributed by atoms with Gasteiger partial charge >= 0.3 is 10.2 Å².